The number of ether oxygens (including phenoxy) is 1. The van der Waals surface area contributed by atoms with Crippen LogP contribution in [0.15, 0.2) is 64.6 Å². The van der Waals surface area contributed by atoms with Gasteiger partial charge in [0.1, 0.15) is 10.6 Å². The van der Waals surface area contributed by atoms with Crippen LogP contribution >= 0.6 is 0 Å². The molecule has 1 aromatic carbocycles. The minimum Gasteiger partial charge on any atom is -0.494 e. The first kappa shape index (κ1) is 22.4. The molecule has 30 heavy (non-hydrogen) atoms. The molecule has 162 valence electrons. The summed E-state index contributed by atoms with van der Waals surface area (Å²) >= 11 is 0. The Morgan fingerprint density at radius 1 is 1.03 bits per heavy atom. The topological polar surface area (TPSA) is 51.0 Å². The molecule has 0 unspecified atom stereocenters. The van der Waals surface area contributed by atoms with Crippen molar-refractivity contribution in [1.82, 2.24) is 9.30 Å². The van der Waals surface area contributed by atoms with Crippen molar-refractivity contribution in [3.05, 3.63) is 60.4 Å². The minimum atomic E-state index is -3.64. The first-order chi connectivity index (χ1) is 14.4. The summed E-state index contributed by atoms with van der Waals surface area (Å²) in [6.45, 7) is 12.0. The number of rotatable bonds is 10. The average molecular weight is 429 g/mol. The van der Waals surface area contributed by atoms with Crippen LogP contribution in [0.4, 0.5) is 0 Å². The fourth-order valence-corrected chi connectivity index (χ4v) is 5.45. The number of hydrogen-bond donors (Lipinski definition) is 0. The van der Waals surface area contributed by atoms with Crippen LogP contribution in [0.25, 0.3) is 5.52 Å². The van der Waals surface area contributed by atoms with Gasteiger partial charge in [-0.15, -0.1) is 0 Å². The molecule has 2 aromatic heterocycles. The SMILES string of the molecule is CCN(CC)CCCOc1ccc(S(=O)(=O)c2c(C(C)C)cn3ccccc23)cc1. The lowest BCUT2D eigenvalue weighted by Gasteiger charge is -2.17. The van der Waals surface area contributed by atoms with E-state index in [0.717, 1.165) is 31.6 Å². The maximum Gasteiger partial charge on any atom is 0.209 e. The van der Waals surface area contributed by atoms with Gasteiger partial charge in [-0.05, 0) is 67.4 Å². The van der Waals surface area contributed by atoms with E-state index in [4.69, 9.17) is 4.74 Å². The van der Waals surface area contributed by atoms with Crippen molar-refractivity contribution in [3.63, 3.8) is 0 Å². The first-order valence-corrected chi connectivity index (χ1v) is 12.2. The van der Waals surface area contributed by atoms with E-state index >= 15 is 0 Å². The maximum atomic E-state index is 13.5. The number of nitrogens with zero attached hydrogens (tertiary/aromatic N) is 2. The van der Waals surface area contributed by atoms with Crippen molar-refractivity contribution >= 4 is 15.4 Å². The molecule has 0 saturated heterocycles. The first-order valence-electron chi connectivity index (χ1n) is 10.7. The van der Waals surface area contributed by atoms with Crippen molar-refractivity contribution in [3.8, 4) is 5.75 Å². The molecule has 0 fully saturated rings. The molecule has 0 aliphatic heterocycles. The van der Waals surface area contributed by atoms with Crippen LogP contribution in [-0.2, 0) is 9.84 Å². The van der Waals surface area contributed by atoms with Gasteiger partial charge in [0.25, 0.3) is 0 Å². The van der Waals surface area contributed by atoms with Crippen LogP contribution in [0.1, 0.15) is 45.6 Å². The summed E-state index contributed by atoms with van der Waals surface area (Å²) in [5.41, 5.74) is 1.54. The largest absolute Gasteiger partial charge is 0.494 e. The number of hydrogen-bond acceptors (Lipinski definition) is 4. The van der Waals surface area contributed by atoms with Gasteiger partial charge in [-0.1, -0.05) is 33.8 Å². The van der Waals surface area contributed by atoms with Crippen LogP contribution in [0, 0.1) is 0 Å². The molecule has 5 nitrogen and oxygen atoms in total. The van der Waals surface area contributed by atoms with Gasteiger partial charge in [0.05, 0.1) is 17.0 Å². The summed E-state index contributed by atoms with van der Waals surface area (Å²) in [6, 6.07) is 12.4. The number of sulfone groups is 1. The zero-order valence-corrected chi connectivity index (χ0v) is 19.2. The fourth-order valence-electron chi connectivity index (χ4n) is 3.67. The molecule has 0 aliphatic carbocycles. The number of fused-ring (bicyclic) bond motifs is 1. The molecule has 2 heterocycles. The Bertz CT molecular complexity index is 1070. The third-order valence-corrected chi connectivity index (χ3v) is 7.34. The van der Waals surface area contributed by atoms with E-state index in [0.29, 0.717) is 22.8 Å². The van der Waals surface area contributed by atoms with E-state index in [-0.39, 0.29) is 10.8 Å². The number of benzene rings is 1. The molecule has 0 atom stereocenters. The molecule has 0 amide bonds. The summed E-state index contributed by atoms with van der Waals surface area (Å²) in [4.78, 5) is 3.04. The van der Waals surface area contributed by atoms with Gasteiger partial charge in [-0.3, -0.25) is 0 Å². The molecule has 0 N–H and O–H groups in total. The highest BCUT2D eigenvalue weighted by Gasteiger charge is 2.27. The Labute approximate surface area is 180 Å². The molecule has 6 heteroatoms. The summed E-state index contributed by atoms with van der Waals surface area (Å²) in [6.07, 6.45) is 4.74. The van der Waals surface area contributed by atoms with E-state index in [1.165, 1.54) is 0 Å². The van der Waals surface area contributed by atoms with Crippen molar-refractivity contribution in [2.45, 2.75) is 49.8 Å². The van der Waals surface area contributed by atoms with Gasteiger partial charge < -0.3 is 14.0 Å². The molecule has 0 aliphatic rings. The van der Waals surface area contributed by atoms with Crippen LogP contribution in [0.5, 0.6) is 5.75 Å². The molecule has 0 bridgehead atoms. The van der Waals surface area contributed by atoms with Crippen LogP contribution < -0.4 is 4.74 Å². The van der Waals surface area contributed by atoms with Gasteiger partial charge >= 0.3 is 0 Å². The molecule has 3 rings (SSSR count). The normalized spacial score (nSPS) is 12.2. The van der Waals surface area contributed by atoms with E-state index in [9.17, 15) is 8.42 Å². The second-order valence-corrected chi connectivity index (χ2v) is 9.65. The van der Waals surface area contributed by atoms with E-state index in [2.05, 4.69) is 18.7 Å². The highest BCUT2D eigenvalue weighted by Crippen LogP contribution is 2.34. The molecular weight excluding hydrogens is 396 g/mol. The smallest absolute Gasteiger partial charge is 0.209 e. The van der Waals surface area contributed by atoms with Crippen LogP contribution in [0.3, 0.4) is 0 Å². The summed E-state index contributed by atoms with van der Waals surface area (Å²) in [5, 5.41) is 0. The van der Waals surface area contributed by atoms with E-state index in [1.807, 2.05) is 48.8 Å². The molecular formula is C24H32N2O3S. The molecule has 0 saturated carbocycles. The summed E-state index contributed by atoms with van der Waals surface area (Å²) in [5.74, 6) is 0.794. The number of pyridine rings is 1. The van der Waals surface area contributed by atoms with Gasteiger partial charge in [0, 0.05) is 18.9 Å². The highest BCUT2D eigenvalue weighted by atomic mass is 32.2. The van der Waals surface area contributed by atoms with Crippen molar-refractivity contribution < 1.29 is 13.2 Å². The quantitative estimate of drug-likeness (QED) is 0.426. The van der Waals surface area contributed by atoms with Gasteiger partial charge in [0.15, 0.2) is 0 Å². The Morgan fingerprint density at radius 3 is 2.37 bits per heavy atom. The van der Waals surface area contributed by atoms with Crippen molar-refractivity contribution in [2.24, 2.45) is 0 Å². The van der Waals surface area contributed by atoms with E-state index in [1.54, 1.807) is 24.3 Å². The third-order valence-electron chi connectivity index (χ3n) is 5.47. The van der Waals surface area contributed by atoms with Gasteiger partial charge in [-0.25, -0.2) is 8.42 Å². The summed E-state index contributed by atoms with van der Waals surface area (Å²) in [7, 11) is -3.64. The van der Waals surface area contributed by atoms with Gasteiger partial charge in [0.2, 0.25) is 9.84 Å². The van der Waals surface area contributed by atoms with Crippen LogP contribution in [-0.4, -0.2) is 44.0 Å². The third kappa shape index (κ3) is 4.71. The standard InChI is InChI=1S/C24H32N2O3S/c1-5-25(6-2)15-9-17-29-20-11-13-21(14-12-20)30(27,28)24-22(19(3)4)18-26-16-8-7-10-23(24)26/h7-8,10-14,16,18-19H,5-6,9,15,17H2,1-4H3. The lowest BCUT2D eigenvalue weighted by atomic mass is 10.1. The van der Waals surface area contributed by atoms with Crippen molar-refractivity contribution in [1.29, 1.82) is 0 Å². The lowest BCUT2D eigenvalue weighted by Crippen LogP contribution is -2.25. The Hall–Kier alpha value is -2.31. The second-order valence-electron chi connectivity index (χ2n) is 7.77. The lowest BCUT2D eigenvalue weighted by molar-refractivity contribution is 0.249. The average Bonchev–Trinajstić information content (AvgIpc) is 3.15. The monoisotopic (exact) mass is 428 g/mol. The zero-order chi connectivity index (χ0) is 21.7. The molecule has 0 radical (unpaired) electrons. The predicted octanol–water partition coefficient (Wildman–Crippen LogP) is 5.01. The summed E-state index contributed by atoms with van der Waals surface area (Å²) < 4.78 is 34.7. The second kappa shape index (κ2) is 9.67. The predicted molar refractivity (Wildman–Crippen MR) is 121 cm³/mol. The maximum absolute atomic E-state index is 13.5. The Morgan fingerprint density at radius 2 is 1.73 bits per heavy atom. The Kier molecular flexibility index (Phi) is 7.21. The zero-order valence-electron chi connectivity index (χ0n) is 18.3. The highest BCUT2D eigenvalue weighted by molar-refractivity contribution is 7.91. The van der Waals surface area contributed by atoms with Gasteiger partial charge in [-0.2, -0.15) is 0 Å². The minimum absolute atomic E-state index is 0.100. The molecule has 0 spiro atoms. The fraction of sp³-hybridized carbons (Fsp3) is 0.417. The van der Waals surface area contributed by atoms with Crippen LogP contribution in [0.2, 0.25) is 0 Å². The molecule has 3 aromatic rings. The Balaban J connectivity index is 1.80. The number of aromatic nitrogens is 1. The van der Waals surface area contributed by atoms with Crippen molar-refractivity contribution in [2.75, 3.05) is 26.2 Å². The van der Waals surface area contributed by atoms with E-state index < -0.39 is 9.84 Å².